The van der Waals surface area contributed by atoms with E-state index in [-0.39, 0.29) is 5.38 Å². The van der Waals surface area contributed by atoms with Gasteiger partial charge in [0.1, 0.15) is 5.75 Å². The van der Waals surface area contributed by atoms with Crippen LogP contribution in [0.15, 0.2) is 48.8 Å². The average molecular weight is 319 g/mol. The van der Waals surface area contributed by atoms with Crippen LogP contribution in [0.2, 0.25) is 0 Å². The highest BCUT2D eigenvalue weighted by Gasteiger charge is 2.16. The lowest BCUT2D eigenvalue weighted by molar-refractivity contribution is 0.290. The van der Waals surface area contributed by atoms with Crippen molar-refractivity contribution in [3.8, 4) is 5.75 Å². The van der Waals surface area contributed by atoms with E-state index >= 15 is 0 Å². The normalized spacial score (nSPS) is 12.4. The third-order valence-corrected chi connectivity index (χ3v) is 4.18. The van der Waals surface area contributed by atoms with Crippen LogP contribution in [0.3, 0.4) is 0 Å². The number of methoxy groups -OCH3 is 1. The van der Waals surface area contributed by atoms with E-state index in [9.17, 15) is 0 Å². The number of pyridine rings is 1. The van der Waals surface area contributed by atoms with Gasteiger partial charge in [-0.1, -0.05) is 25.1 Å². The van der Waals surface area contributed by atoms with Crippen LogP contribution in [0.4, 0.5) is 0 Å². The summed E-state index contributed by atoms with van der Waals surface area (Å²) in [5.41, 5.74) is 2.35. The zero-order chi connectivity index (χ0) is 15.8. The highest BCUT2D eigenvalue weighted by atomic mass is 35.5. The van der Waals surface area contributed by atoms with Crippen LogP contribution in [-0.4, -0.2) is 36.6 Å². The number of hydrogen-bond acceptors (Lipinski definition) is 3. The number of alkyl halides is 1. The van der Waals surface area contributed by atoms with Crippen LogP contribution in [0.25, 0.3) is 0 Å². The summed E-state index contributed by atoms with van der Waals surface area (Å²) in [7, 11) is 1.68. The molecule has 0 saturated carbocycles. The molecule has 1 aromatic carbocycles. The van der Waals surface area contributed by atoms with E-state index in [0.29, 0.717) is 0 Å². The molecule has 0 aliphatic rings. The van der Waals surface area contributed by atoms with Gasteiger partial charge in [-0.25, -0.2) is 0 Å². The number of benzene rings is 1. The molecule has 1 atom stereocenters. The van der Waals surface area contributed by atoms with Crippen molar-refractivity contribution in [3.05, 3.63) is 59.9 Å². The summed E-state index contributed by atoms with van der Waals surface area (Å²) in [5.74, 6) is 0.854. The number of para-hydroxylation sites is 1. The van der Waals surface area contributed by atoms with Crippen molar-refractivity contribution >= 4 is 11.6 Å². The number of likely N-dealkylation sites (N-methyl/N-ethyl adjacent to an activating group) is 1. The summed E-state index contributed by atoms with van der Waals surface area (Å²) in [6.07, 6.45) is 4.68. The quantitative estimate of drug-likeness (QED) is 0.689. The van der Waals surface area contributed by atoms with Gasteiger partial charge in [0.15, 0.2) is 0 Å². The first-order valence-corrected chi connectivity index (χ1v) is 8.06. The fourth-order valence-corrected chi connectivity index (χ4v) is 2.84. The second kappa shape index (κ2) is 8.76. The van der Waals surface area contributed by atoms with Crippen molar-refractivity contribution in [3.63, 3.8) is 0 Å². The van der Waals surface area contributed by atoms with Gasteiger partial charge in [-0.3, -0.25) is 4.98 Å². The highest BCUT2D eigenvalue weighted by Crippen LogP contribution is 2.30. The molecule has 2 rings (SSSR count). The molecule has 0 radical (unpaired) electrons. The second-order valence-corrected chi connectivity index (χ2v) is 5.74. The minimum atomic E-state index is -0.0754. The van der Waals surface area contributed by atoms with Crippen molar-refractivity contribution in [2.24, 2.45) is 0 Å². The zero-order valence-corrected chi connectivity index (χ0v) is 14.0. The van der Waals surface area contributed by atoms with Crippen molar-refractivity contribution in [2.75, 3.05) is 26.7 Å². The summed E-state index contributed by atoms with van der Waals surface area (Å²) in [4.78, 5) is 6.42. The smallest absolute Gasteiger partial charge is 0.123 e. The van der Waals surface area contributed by atoms with E-state index < -0.39 is 0 Å². The Morgan fingerprint density at radius 2 is 1.91 bits per heavy atom. The Hall–Kier alpha value is -1.58. The molecule has 2 aromatic rings. The Balaban J connectivity index is 1.94. The Morgan fingerprint density at radius 3 is 2.59 bits per heavy atom. The molecule has 1 unspecified atom stereocenters. The van der Waals surface area contributed by atoms with Gasteiger partial charge in [-0.15, -0.1) is 11.6 Å². The van der Waals surface area contributed by atoms with Gasteiger partial charge in [0.05, 0.1) is 12.5 Å². The molecule has 0 aliphatic carbocycles. The summed E-state index contributed by atoms with van der Waals surface area (Å²) in [6.45, 7) is 4.93. The summed E-state index contributed by atoms with van der Waals surface area (Å²) >= 11 is 6.61. The van der Waals surface area contributed by atoms with Gasteiger partial charge in [-0.2, -0.15) is 0 Å². The zero-order valence-electron chi connectivity index (χ0n) is 13.2. The maximum absolute atomic E-state index is 6.61. The van der Waals surface area contributed by atoms with Crippen LogP contribution in [-0.2, 0) is 6.42 Å². The minimum absolute atomic E-state index is 0.0754. The van der Waals surface area contributed by atoms with Gasteiger partial charge in [0.2, 0.25) is 0 Å². The molecule has 0 N–H and O–H groups in total. The number of hydrogen-bond donors (Lipinski definition) is 0. The SMILES string of the molecule is CCN(CCc1ccncc1)CC(Cl)c1ccccc1OC. The first-order valence-electron chi connectivity index (χ1n) is 7.62. The monoisotopic (exact) mass is 318 g/mol. The van der Waals surface area contributed by atoms with Crippen LogP contribution in [0.1, 0.15) is 23.4 Å². The lowest BCUT2D eigenvalue weighted by atomic mass is 10.1. The highest BCUT2D eigenvalue weighted by molar-refractivity contribution is 6.21. The number of nitrogens with zero attached hydrogens (tertiary/aromatic N) is 2. The van der Waals surface area contributed by atoms with Crippen molar-refractivity contribution in [1.29, 1.82) is 0 Å². The van der Waals surface area contributed by atoms with Crippen molar-refractivity contribution < 1.29 is 4.74 Å². The van der Waals surface area contributed by atoms with E-state index in [1.54, 1.807) is 7.11 Å². The molecule has 3 nitrogen and oxygen atoms in total. The van der Waals surface area contributed by atoms with Gasteiger partial charge >= 0.3 is 0 Å². The molecule has 0 aliphatic heterocycles. The van der Waals surface area contributed by atoms with E-state index in [2.05, 4.69) is 28.9 Å². The number of ether oxygens (including phenoxy) is 1. The molecule has 0 bridgehead atoms. The molecule has 1 heterocycles. The first-order chi connectivity index (χ1) is 10.7. The molecule has 4 heteroatoms. The fraction of sp³-hybridized carbons (Fsp3) is 0.389. The van der Waals surface area contributed by atoms with Gasteiger partial charge < -0.3 is 9.64 Å². The van der Waals surface area contributed by atoms with Crippen LogP contribution in [0, 0.1) is 0 Å². The molecule has 0 saturated heterocycles. The average Bonchev–Trinajstić information content (AvgIpc) is 2.59. The van der Waals surface area contributed by atoms with Crippen LogP contribution < -0.4 is 4.74 Å². The molecule has 0 spiro atoms. The van der Waals surface area contributed by atoms with Crippen molar-refractivity contribution in [2.45, 2.75) is 18.7 Å². The van der Waals surface area contributed by atoms with E-state index in [0.717, 1.165) is 37.4 Å². The standard InChI is InChI=1S/C18H23ClN2O/c1-3-21(13-10-15-8-11-20-12-9-15)14-17(19)16-6-4-5-7-18(16)22-2/h4-9,11-12,17H,3,10,13-14H2,1-2H3. The van der Waals surface area contributed by atoms with Crippen LogP contribution >= 0.6 is 11.6 Å². The lowest BCUT2D eigenvalue weighted by Crippen LogP contribution is -2.29. The fourth-order valence-electron chi connectivity index (χ4n) is 2.47. The molecule has 0 amide bonds. The largest absolute Gasteiger partial charge is 0.496 e. The summed E-state index contributed by atoms with van der Waals surface area (Å²) in [6, 6.07) is 12.1. The Bertz CT molecular complexity index is 562. The van der Waals surface area contributed by atoms with Gasteiger partial charge in [0.25, 0.3) is 0 Å². The molecule has 1 aromatic heterocycles. The Kier molecular flexibility index (Phi) is 6.69. The molecular formula is C18H23ClN2O. The molecule has 22 heavy (non-hydrogen) atoms. The molecule has 0 fully saturated rings. The van der Waals surface area contributed by atoms with E-state index in [1.165, 1.54) is 5.56 Å². The van der Waals surface area contributed by atoms with Gasteiger partial charge in [-0.05, 0) is 36.7 Å². The molecular weight excluding hydrogens is 296 g/mol. The lowest BCUT2D eigenvalue weighted by Gasteiger charge is -2.24. The minimum Gasteiger partial charge on any atom is -0.496 e. The van der Waals surface area contributed by atoms with E-state index in [4.69, 9.17) is 16.3 Å². The maximum Gasteiger partial charge on any atom is 0.123 e. The summed E-state index contributed by atoms with van der Waals surface area (Å²) in [5, 5.41) is -0.0754. The van der Waals surface area contributed by atoms with E-state index in [1.807, 2.05) is 36.7 Å². The number of aromatic nitrogens is 1. The van der Waals surface area contributed by atoms with Gasteiger partial charge in [0, 0.05) is 31.0 Å². The Labute approximate surface area is 137 Å². The van der Waals surface area contributed by atoms with Crippen LogP contribution in [0.5, 0.6) is 5.75 Å². The predicted octanol–water partition coefficient (Wildman–Crippen LogP) is 3.93. The number of rotatable bonds is 8. The van der Waals surface area contributed by atoms with Crippen molar-refractivity contribution in [1.82, 2.24) is 9.88 Å². The first kappa shape index (κ1) is 16.8. The number of halogens is 1. The third kappa shape index (κ3) is 4.72. The second-order valence-electron chi connectivity index (χ2n) is 5.21. The maximum atomic E-state index is 6.61. The molecule has 118 valence electrons. The topological polar surface area (TPSA) is 25.4 Å². The Morgan fingerprint density at radius 1 is 1.18 bits per heavy atom. The summed E-state index contributed by atoms with van der Waals surface area (Å²) < 4.78 is 5.40. The third-order valence-electron chi connectivity index (χ3n) is 3.81. The predicted molar refractivity (Wildman–Crippen MR) is 91.6 cm³/mol.